The molecule has 0 aliphatic heterocycles. The SMILES string of the molecule is CN=C(NCCCOCCOC)NCc1ccc(OCCOc2ccccc2)nc1.I. The predicted octanol–water partition coefficient (Wildman–Crippen LogP) is 2.88. The second-order valence-electron chi connectivity index (χ2n) is 6.33. The average Bonchev–Trinajstić information content (AvgIpc) is 2.79. The number of nitrogens with zero attached hydrogens (tertiary/aromatic N) is 2. The van der Waals surface area contributed by atoms with Crippen LogP contribution in [0, 0.1) is 0 Å². The van der Waals surface area contributed by atoms with E-state index in [-0.39, 0.29) is 24.0 Å². The van der Waals surface area contributed by atoms with Crippen molar-refractivity contribution in [1.82, 2.24) is 15.6 Å². The number of ether oxygens (including phenoxy) is 4. The Bertz CT molecular complexity index is 717. The third-order valence-electron chi connectivity index (χ3n) is 4.02. The third kappa shape index (κ3) is 12.4. The summed E-state index contributed by atoms with van der Waals surface area (Å²) >= 11 is 0. The number of pyridine rings is 1. The Morgan fingerprint density at radius 1 is 0.935 bits per heavy atom. The quantitative estimate of drug-likeness (QED) is 0.164. The van der Waals surface area contributed by atoms with Crippen LogP contribution in [-0.2, 0) is 16.0 Å². The lowest BCUT2D eigenvalue weighted by molar-refractivity contribution is 0.0698. The van der Waals surface area contributed by atoms with E-state index in [9.17, 15) is 0 Å². The third-order valence-corrected chi connectivity index (χ3v) is 4.02. The number of para-hydroxylation sites is 1. The van der Waals surface area contributed by atoms with Gasteiger partial charge in [-0.25, -0.2) is 4.98 Å². The lowest BCUT2D eigenvalue weighted by atomic mass is 10.3. The van der Waals surface area contributed by atoms with Crippen molar-refractivity contribution in [2.45, 2.75) is 13.0 Å². The first-order valence-electron chi connectivity index (χ1n) is 10.1. The number of rotatable bonds is 14. The molecule has 8 nitrogen and oxygen atoms in total. The van der Waals surface area contributed by atoms with Crippen molar-refractivity contribution >= 4 is 29.9 Å². The zero-order valence-corrected chi connectivity index (χ0v) is 20.5. The Morgan fingerprint density at radius 2 is 1.74 bits per heavy atom. The van der Waals surface area contributed by atoms with Crippen molar-refractivity contribution in [2.24, 2.45) is 4.99 Å². The van der Waals surface area contributed by atoms with E-state index < -0.39 is 0 Å². The van der Waals surface area contributed by atoms with E-state index in [0.717, 1.165) is 30.2 Å². The fourth-order valence-electron chi connectivity index (χ4n) is 2.46. The zero-order chi connectivity index (χ0) is 21.3. The number of halogens is 1. The molecule has 9 heteroatoms. The van der Waals surface area contributed by atoms with Crippen LogP contribution in [-0.4, -0.2) is 64.7 Å². The summed E-state index contributed by atoms with van der Waals surface area (Å²) in [5.74, 6) is 2.15. The monoisotopic (exact) mass is 544 g/mol. The van der Waals surface area contributed by atoms with Crippen LogP contribution in [0.25, 0.3) is 0 Å². The fraction of sp³-hybridized carbons (Fsp3) is 0.455. The van der Waals surface area contributed by atoms with Gasteiger partial charge >= 0.3 is 0 Å². The van der Waals surface area contributed by atoms with Gasteiger partial charge in [0, 0.05) is 46.1 Å². The Kier molecular flexibility index (Phi) is 15.3. The molecular formula is C22H33IN4O4. The first kappa shape index (κ1) is 26.9. The second-order valence-corrected chi connectivity index (χ2v) is 6.33. The van der Waals surface area contributed by atoms with Gasteiger partial charge in [0.05, 0.1) is 13.2 Å². The maximum absolute atomic E-state index is 5.62. The number of aliphatic imine (C=N–C) groups is 1. The number of hydrogen-bond acceptors (Lipinski definition) is 6. The normalized spacial score (nSPS) is 10.8. The Morgan fingerprint density at radius 3 is 2.45 bits per heavy atom. The molecule has 1 heterocycles. The van der Waals surface area contributed by atoms with Crippen molar-refractivity contribution in [2.75, 3.05) is 53.7 Å². The highest BCUT2D eigenvalue weighted by molar-refractivity contribution is 14.0. The average molecular weight is 544 g/mol. The largest absolute Gasteiger partial charge is 0.490 e. The molecule has 2 aromatic rings. The molecule has 0 atom stereocenters. The molecule has 0 saturated heterocycles. The maximum atomic E-state index is 5.62. The van der Waals surface area contributed by atoms with Crippen molar-refractivity contribution in [1.29, 1.82) is 0 Å². The van der Waals surface area contributed by atoms with Gasteiger partial charge < -0.3 is 29.6 Å². The highest BCUT2D eigenvalue weighted by atomic mass is 127. The van der Waals surface area contributed by atoms with Crippen LogP contribution in [0.1, 0.15) is 12.0 Å². The highest BCUT2D eigenvalue weighted by Gasteiger charge is 2.01. The van der Waals surface area contributed by atoms with Gasteiger partial charge in [-0.1, -0.05) is 24.3 Å². The molecule has 31 heavy (non-hydrogen) atoms. The van der Waals surface area contributed by atoms with Crippen LogP contribution < -0.4 is 20.1 Å². The summed E-state index contributed by atoms with van der Waals surface area (Å²) < 4.78 is 21.6. The molecule has 2 N–H and O–H groups in total. The van der Waals surface area contributed by atoms with Crippen molar-refractivity contribution in [3.63, 3.8) is 0 Å². The summed E-state index contributed by atoms with van der Waals surface area (Å²) in [5.41, 5.74) is 1.04. The number of aromatic nitrogens is 1. The number of nitrogens with one attached hydrogen (secondary N) is 2. The van der Waals surface area contributed by atoms with Gasteiger partial charge in [0.25, 0.3) is 0 Å². The minimum atomic E-state index is 0. The van der Waals surface area contributed by atoms with Crippen LogP contribution in [0.3, 0.4) is 0 Å². The van der Waals surface area contributed by atoms with Gasteiger partial charge in [0.2, 0.25) is 5.88 Å². The summed E-state index contributed by atoms with van der Waals surface area (Å²) in [6.45, 7) is 4.23. The smallest absolute Gasteiger partial charge is 0.213 e. The summed E-state index contributed by atoms with van der Waals surface area (Å²) in [7, 11) is 3.41. The van der Waals surface area contributed by atoms with Crippen LogP contribution in [0.5, 0.6) is 11.6 Å². The molecule has 0 unspecified atom stereocenters. The highest BCUT2D eigenvalue weighted by Crippen LogP contribution is 2.09. The van der Waals surface area contributed by atoms with Crippen molar-refractivity contribution in [3.8, 4) is 11.6 Å². The summed E-state index contributed by atoms with van der Waals surface area (Å²) in [5, 5.41) is 6.52. The molecule has 0 amide bonds. The minimum Gasteiger partial charge on any atom is -0.490 e. The Balaban J connectivity index is 0.00000480. The van der Waals surface area contributed by atoms with Crippen LogP contribution >= 0.6 is 24.0 Å². The lowest BCUT2D eigenvalue weighted by Gasteiger charge is -2.12. The predicted molar refractivity (Wildman–Crippen MR) is 133 cm³/mol. The van der Waals surface area contributed by atoms with E-state index in [1.807, 2.05) is 42.5 Å². The molecule has 172 valence electrons. The molecule has 0 bridgehead atoms. The summed E-state index contributed by atoms with van der Waals surface area (Å²) in [6, 6.07) is 13.5. The van der Waals surface area contributed by atoms with Gasteiger partial charge in [-0.15, -0.1) is 24.0 Å². The van der Waals surface area contributed by atoms with Crippen LogP contribution in [0.15, 0.2) is 53.7 Å². The molecule has 1 aromatic heterocycles. The number of benzene rings is 1. The molecule has 0 spiro atoms. The Labute approximate surface area is 201 Å². The summed E-state index contributed by atoms with van der Waals surface area (Å²) in [6.07, 6.45) is 2.68. The minimum absolute atomic E-state index is 0. The van der Waals surface area contributed by atoms with Gasteiger partial charge in [-0.3, -0.25) is 4.99 Å². The van der Waals surface area contributed by atoms with Crippen LogP contribution in [0.4, 0.5) is 0 Å². The lowest BCUT2D eigenvalue weighted by Crippen LogP contribution is -2.37. The van der Waals surface area contributed by atoms with Crippen molar-refractivity contribution < 1.29 is 18.9 Å². The second kappa shape index (κ2) is 17.6. The number of hydrogen-bond donors (Lipinski definition) is 2. The van der Waals surface area contributed by atoms with E-state index in [4.69, 9.17) is 18.9 Å². The first-order valence-corrected chi connectivity index (χ1v) is 10.1. The molecule has 0 saturated carbocycles. The molecule has 2 rings (SSSR count). The van der Waals surface area contributed by atoms with E-state index in [1.165, 1.54) is 0 Å². The number of methoxy groups -OCH3 is 1. The fourth-order valence-corrected chi connectivity index (χ4v) is 2.46. The molecular weight excluding hydrogens is 511 g/mol. The molecule has 0 radical (unpaired) electrons. The standard InChI is InChI=1S/C22H32N4O4.HI/c1-23-22(24-11-6-12-28-14-13-27-2)26-18-19-9-10-21(25-17-19)30-16-15-29-20-7-4-3-5-8-20;/h3-5,7-10,17H,6,11-16,18H2,1-2H3,(H2,23,24,26);1H. The van der Waals surface area contributed by atoms with Gasteiger partial charge in [0.15, 0.2) is 5.96 Å². The van der Waals surface area contributed by atoms with E-state index in [0.29, 0.717) is 45.5 Å². The molecule has 0 aliphatic rings. The van der Waals surface area contributed by atoms with Gasteiger partial charge in [-0.05, 0) is 24.1 Å². The first-order chi connectivity index (χ1) is 14.8. The van der Waals surface area contributed by atoms with E-state index in [2.05, 4.69) is 20.6 Å². The zero-order valence-electron chi connectivity index (χ0n) is 18.2. The Hall–Kier alpha value is -2.11. The van der Waals surface area contributed by atoms with E-state index >= 15 is 0 Å². The maximum Gasteiger partial charge on any atom is 0.213 e. The van der Waals surface area contributed by atoms with Gasteiger partial charge in [0.1, 0.15) is 19.0 Å². The molecule has 0 fully saturated rings. The van der Waals surface area contributed by atoms with E-state index in [1.54, 1.807) is 20.4 Å². The van der Waals surface area contributed by atoms with Crippen molar-refractivity contribution in [3.05, 3.63) is 54.2 Å². The summed E-state index contributed by atoms with van der Waals surface area (Å²) in [4.78, 5) is 8.55. The number of guanidine groups is 1. The topological polar surface area (TPSA) is 86.2 Å². The van der Waals surface area contributed by atoms with Crippen LogP contribution in [0.2, 0.25) is 0 Å². The van der Waals surface area contributed by atoms with Gasteiger partial charge in [-0.2, -0.15) is 0 Å². The molecule has 0 aliphatic carbocycles. The molecule has 1 aromatic carbocycles.